The number of halogens is 1. The molecule has 3 rings (SSSR count). The highest BCUT2D eigenvalue weighted by molar-refractivity contribution is 14.0. The Morgan fingerprint density at radius 2 is 1.96 bits per heavy atom. The number of likely N-dealkylation sites (tertiary alicyclic amines) is 1. The van der Waals surface area contributed by atoms with Crippen LogP contribution in [0.3, 0.4) is 0 Å². The van der Waals surface area contributed by atoms with Crippen LogP contribution in [0.4, 0.5) is 0 Å². The number of hydrogen-bond acceptors (Lipinski definition) is 4. The van der Waals surface area contributed by atoms with Crippen molar-refractivity contribution in [2.24, 2.45) is 10.4 Å². The lowest BCUT2D eigenvalue weighted by atomic mass is 9.68. The number of aliphatic imine (C=N–C) groups is 1. The molecule has 1 aromatic rings. The molecular weight excluding hydrogens is 477 g/mol. The van der Waals surface area contributed by atoms with Gasteiger partial charge in [0, 0.05) is 25.9 Å². The minimum atomic E-state index is -3.17. The van der Waals surface area contributed by atoms with Crippen molar-refractivity contribution in [1.29, 1.82) is 0 Å². The van der Waals surface area contributed by atoms with E-state index in [-0.39, 0.29) is 24.0 Å². The molecular formula is C19H30IN3O3S. The first-order valence-electron chi connectivity index (χ1n) is 9.38. The first-order chi connectivity index (χ1) is 12.4. The normalized spacial score (nSPS) is 18.7. The number of sulfone groups is 1. The number of rotatable bonds is 6. The molecule has 1 saturated carbocycles. The van der Waals surface area contributed by atoms with Gasteiger partial charge in [0.2, 0.25) is 0 Å². The average Bonchev–Trinajstić information content (AvgIpc) is 3.03. The Bertz CT molecular complexity index is 746. The fraction of sp³-hybridized carbons (Fsp3) is 0.632. The SMILES string of the molecule is CCNC(=NCCOc1ccc(S(C)(=O)=O)cc1)N1CCC2(CCC2)C1.I. The summed E-state index contributed by atoms with van der Waals surface area (Å²) in [5.74, 6) is 1.64. The highest BCUT2D eigenvalue weighted by Gasteiger charge is 2.43. The van der Waals surface area contributed by atoms with E-state index >= 15 is 0 Å². The smallest absolute Gasteiger partial charge is 0.194 e. The van der Waals surface area contributed by atoms with E-state index in [9.17, 15) is 8.42 Å². The van der Waals surface area contributed by atoms with E-state index in [1.807, 2.05) is 0 Å². The molecule has 2 aliphatic rings. The van der Waals surface area contributed by atoms with Gasteiger partial charge in [0.15, 0.2) is 15.8 Å². The zero-order valence-electron chi connectivity index (χ0n) is 16.1. The molecule has 0 atom stereocenters. The van der Waals surface area contributed by atoms with Crippen molar-refractivity contribution >= 4 is 39.8 Å². The average molecular weight is 507 g/mol. The van der Waals surface area contributed by atoms with Crippen LogP contribution >= 0.6 is 24.0 Å². The number of guanidine groups is 1. The summed E-state index contributed by atoms with van der Waals surface area (Å²) in [6, 6.07) is 6.51. The maximum absolute atomic E-state index is 11.5. The summed E-state index contributed by atoms with van der Waals surface area (Å²) < 4.78 is 28.6. The van der Waals surface area contributed by atoms with Crippen LogP contribution < -0.4 is 10.1 Å². The molecule has 8 heteroatoms. The molecule has 2 fully saturated rings. The lowest BCUT2D eigenvalue weighted by Crippen LogP contribution is -2.42. The van der Waals surface area contributed by atoms with Gasteiger partial charge in [0.05, 0.1) is 11.4 Å². The standard InChI is InChI=1S/C19H29N3O3S.HI/c1-3-20-18(22-13-11-19(15-22)9-4-10-19)21-12-14-25-16-5-7-17(8-6-16)26(2,23)24;/h5-8H,3-4,9-15H2,1-2H3,(H,20,21);1H. The third-order valence-electron chi connectivity index (χ3n) is 5.36. The second-order valence-electron chi connectivity index (χ2n) is 7.35. The maximum Gasteiger partial charge on any atom is 0.194 e. The van der Waals surface area contributed by atoms with Crippen LogP contribution in [0, 0.1) is 5.41 Å². The van der Waals surface area contributed by atoms with E-state index in [1.54, 1.807) is 24.3 Å². The van der Waals surface area contributed by atoms with Gasteiger partial charge in [-0.15, -0.1) is 24.0 Å². The Hall–Kier alpha value is -1.03. The first-order valence-corrected chi connectivity index (χ1v) is 11.3. The molecule has 0 radical (unpaired) electrons. The van der Waals surface area contributed by atoms with Crippen LogP contribution in [0.5, 0.6) is 5.75 Å². The van der Waals surface area contributed by atoms with Crippen molar-refractivity contribution in [2.45, 2.75) is 37.5 Å². The second kappa shape index (κ2) is 9.45. The summed E-state index contributed by atoms with van der Waals surface area (Å²) in [4.78, 5) is 7.38. The van der Waals surface area contributed by atoms with E-state index in [0.717, 1.165) is 25.6 Å². The van der Waals surface area contributed by atoms with Crippen LogP contribution in [0.1, 0.15) is 32.6 Å². The van der Waals surface area contributed by atoms with Gasteiger partial charge in [0.25, 0.3) is 0 Å². The molecule has 1 aliphatic heterocycles. The predicted octanol–water partition coefficient (Wildman–Crippen LogP) is 2.93. The van der Waals surface area contributed by atoms with Crippen molar-refractivity contribution in [2.75, 3.05) is 39.0 Å². The number of benzene rings is 1. The van der Waals surface area contributed by atoms with Gasteiger partial charge in [-0.3, -0.25) is 0 Å². The molecule has 152 valence electrons. The first kappa shape index (κ1) is 22.3. The van der Waals surface area contributed by atoms with E-state index in [0.29, 0.717) is 29.2 Å². The van der Waals surface area contributed by atoms with E-state index < -0.39 is 9.84 Å². The van der Waals surface area contributed by atoms with Crippen LogP contribution in [-0.2, 0) is 9.84 Å². The molecule has 0 unspecified atom stereocenters. The minimum Gasteiger partial charge on any atom is -0.492 e. The summed E-state index contributed by atoms with van der Waals surface area (Å²) in [6.07, 6.45) is 6.56. The third kappa shape index (κ3) is 5.73. The maximum atomic E-state index is 11.5. The molecule has 1 saturated heterocycles. The molecule has 0 aromatic heterocycles. The van der Waals surface area contributed by atoms with Gasteiger partial charge in [-0.25, -0.2) is 13.4 Å². The Balaban J connectivity index is 0.00000261. The van der Waals surface area contributed by atoms with Crippen molar-refractivity contribution in [1.82, 2.24) is 10.2 Å². The molecule has 1 N–H and O–H groups in total. The van der Waals surface area contributed by atoms with Gasteiger partial charge in [0.1, 0.15) is 12.4 Å². The number of hydrogen-bond donors (Lipinski definition) is 1. The van der Waals surface area contributed by atoms with Crippen LogP contribution in [0.25, 0.3) is 0 Å². The van der Waals surface area contributed by atoms with Gasteiger partial charge >= 0.3 is 0 Å². The summed E-state index contributed by atoms with van der Waals surface area (Å²) >= 11 is 0. The Kier molecular flexibility index (Phi) is 7.79. The van der Waals surface area contributed by atoms with Gasteiger partial charge in [-0.1, -0.05) is 6.42 Å². The zero-order valence-corrected chi connectivity index (χ0v) is 19.3. The lowest BCUT2D eigenvalue weighted by molar-refractivity contribution is 0.151. The minimum absolute atomic E-state index is 0. The highest BCUT2D eigenvalue weighted by Crippen LogP contribution is 2.47. The third-order valence-corrected chi connectivity index (χ3v) is 6.49. The highest BCUT2D eigenvalue weighted by atomic mass is 127. The topological polar surface area (TPSA) is 71.0 Å². The number of nitrogens with zero attached hydrogens (tertiary/aromatic N) is 2. The quantitative estimate of drug-likeness (QED) is 0.278. The molecule has 6 nitrogen and oxygen atoms in total. The largest absolute Gasteiger partial charge is 0.492 e. The van der Waals surface area contributed by atoms with E-state index in [4.69, 9.17) is 9.73 Å². The Morgan fingerprint density at radius 1 is 1.26 bits per heavy atom. The van der Waals surface area contributed by atoms with Gasteiger partial charge < -0.3 is 15.0 Å². The molecule has 1 aromatic carbocycles. The van der Waals surface area contributed by atoms with Gasteiger partial charge in [-0.05, 0) is 55.9 Å². The Labute approximate surface area is 179 Å². The Morgan fingerprint density at radius 3 is 2.48 bits per heavy atom. The van der Waals surface area contributed by atoms with Crippen LogP contribution in [0.15, 0.2) is 34.2 Å². The zero-order chi connectivity index (χ0) is 18.6. The molecule has 0 amide bonds. The van der Waals surface area contributed by atoms with Crippen molar-refractivity contribution in [3.63, 3.8) is 0 Å². The second-order valence-corrected chi connectivity index (χ2v) is 9.37. The molecule has 1 heterocycles. The van der Waals surface area contributed by atoms with Gasteiger partial charge in [-0.2, -0.15) is 0 Å². The predicted molar refractivity (Wildman–Crippen MR) is 119 cm³/mol. The summed E-state index contributed by atoms with van der Waals surface area (Å²) in [6.45, 7) is 6.18. The summed E-state index contributed by atoms with van der Waals surface area (Å²) in [7, 11) is -3.17. The van der Waals surface area contributed by atoms with Crippen molar-refractivity contribution in [3.05, 3.63) is 24.3 Å². The monoisotopic (exact) mass is 507 g/mol. The molecule has 27 heavy (non-hydrogen) atoms. The fourth-order valence-corrected chi connectivity index (χ4v) is 4.36. The summed E-state index contributed by atoms with van der Waals surface area (Å²) in [5.41, 5.74) is 0.550. The molecule has 0 bridgehead atoms. The molecule has 1 spiro atoms. The van der Waals surface area contributed by atoms with E-state index in [2.05, 4.69) is 17.1 Å². The van der Waals surface area contributed by atoms with Crippen molar-refractivity contribution in [3.8, 4) is 5.75 Å². The van der Waals surface area contributed by atoms with Crippen LogP contribution in [-0.4, -0.2) is 58.3 Å². The fourth-order valence-electron chi connectivity index (χ4n) is 3.72. The van der Waals surface area contributed by atoms with E-state index in [1.165, 1.54) is 31.9 Å². The molecule has 1 aliphatic carbocycles. The number of ether oxygens (including phenoxy) is 1. The number of nitrogens with one attached hydrogen (secondary N) is 1. The van der Waals surface area contributed by atoms with Crippen LogP contribution in [0.2, 0.25) is 0 Å². The lowest BCUT2D eigenvalue weighted by Gasteiger charge is -2.38. The van der Waals surface area contributed by atoms with Crippen molar-refractivity contribution < 1.29 is 13.2 Å². The summed E-state index contributed by atoms with van der Waals surface area (Å²) in [5, 5.41) is 3.39.